The van der Waals surface area contributed by atoms with Gasteiger partial charge in [-0.1, -0.05) is 0 Å². The van der Waals surface area contributed by atoms with Gasteiger partial charge in [-0.05, 0) is 42.0 Å². The molecule has 2 heterocycles. The zero-order valence-corrected chi connectivity index (χ0v) is 12.2. The van der Waals surface area contributed by atoms with E-state index in [9.17, 15) is 9.18 Å². The summed E-state index contributed by atoms with van der Waals surface area (Å²) in [6.45, 7) is 0. The zero-order chi connectivity index (χ0) is 14.1. The van der Waals surface area contributed by atoms with Crippen molar-refractivity contribution in [1.29, 1.82) is 0 Å². The highest BCUT2D eigenvalue weighted by atomic mass is 32.2. The van der Waals surface area contributed by atoms with Crippen molar-refractivity contribution in [2.75, 3.05) is 16.8 Å². The first-order valence-electron chi connectivity index (χ1n) is 6.19. The number of fused-ring (bicyclic) bond motifs is 1. The Hall–Kier alpha value is -1.53. The van der Waals surface area contributed by atoms with E-state index in [0.717, 1.165) is 17.9 Å². The molecule has 1 amide bonds. The van der Waals surface area contributed by atoms with Gasteiger partial charge in [-0.15, -0.1) is 11.3 Å². The summed E-state index contributed by atoms with van der Waals surface area (Å²) in [5.74, 6) is 1.29. The highest BCUT2D eigenvalue weighted by molar-refractivity contribution is 7.98. The fraction of sp³-hybridized carbons (Fsp3) is 0.214. The highest BCUT2D eigenvalue weighted by Crippen LogP contribution is 2.32. The number of aryl methyl sites for hydroxylation is 1. The average Bonchev–Trinajstić information content (AvgIpc) is 2.87. The Morgan fingerprint density at radius 2 is 2.20 bits per heavy atom. The number of rotatable bonds is 2. The van der Waals surface area contributed by atoms with Gasteiger partial charge in [0.15, 0.2) is 0 Å². The molecule has 0 spiro atoms. The number of carbonyl (C=O) groups excluding carboxylic acids is 1. The van der Waals surface area contributed by atoms with Crippen molar-refractivity contribution >= 4 is 40.4 Å². The average molecular weight is 308 g/mol. The molecule has 0 saturated carbocycles. The molecule has 104 valence electrons. The monoisotopic (exact) mass is 308 g/mol. The number of thiophene rings is 1. The lowest BCUT2D eigenvalue weighted by Gasteiger charge is -2.08. The van der Waals surface area contributed by atoms with Crippen LogP contribution in [-0.4, -0.2) is 11.7 Å². The van der Waals surface area contributed by atoms with Crippen LogP contribution < -0.4 is 11.1 Å². The van der Waals surface area contributed by atoms with Crippen molar-refractivity contribution in [3.63, 3.8) is 0 Å². The van der Waals surface area contributed by atoms with Crippen molar-refractivity contribution in [1.82, 2.24) is 0 Å². The number of halogens is 1. The number of anilines is 2. The van der Waals surface area contributed by atoms with E-state index < -0.39 is 5.82 Å². The van der Waals surface area contributed by atoms with Crippen LogP contribution in [0.3, 0.4) is 0 Å². The van der Waals surface area contributed by atoms with Gasteiger partial charge in [-0.3, -0.25) is 4.79 Å². The lowest BCUT2D eigenvalue weighted by Crippen LogP contribution is -2.11. The van der Waals surface area contributed by atoms with E-state index in [4.69, 9.17) is 5.73 Å². The van der Waals surface area contributed by atoms with E-state index in [-0.39, 0.29) is 11.6 Å². The Morgan fingerprint density at radius 3 is 3.00 bits per heavy atom. The number of benzene rings is 1. The standard InChI is InChI=1S/C14H13FN2OS2/c15-10-2-1-9(16)6-11(10)17-14(18)13-5-8-7-19-4-3-12(8)20-13/h1-2,5-6H,3-4,7,16H2,(H,17,18). The summed E-state index contributed by atoms with van der Waals surface area (Å²) in [4.78, 5) is 14.1. The Labute approximate surface area is 124 Å². The van der Waals surface area contributed by atoms with E-state index in [1.54, 1.807) is 0 Å². The third kappa shape index (κ3) is 2.66. The molecule has 6 heteroatoms. The van der Waals surface area contributed by atoms with Crippen molar-refractivity contribution < 1.29 is 9.18 Å². The minimum Gasteiger partial charge on any atom is -0.399 e. The van der Waals surface area contributed by atoms with Gasteiger partial charge in [-0.2, -0.15) is 11.8 Å². The van der Waals surface area contributed by atoms with Crippen LogP contribution in [0.2, 0.25) is 0 Å². The second kappa shape index (κ2) is 5.46. The molecule has 0 unspecified atom stereocenters. The van der Waals surface area contributed by atoms with Crippen LogP contribution in [0, 0.1) is 5.82 Å². The quantitative estimate of drug-likeness (QED) is 0.835. The van der Waals surface area contributed by atoms with Crippen LogP contribution in [0.1, 0.15) is 20.1 Å². The van der Waals surface area contributed by atoms with Crippen LogP contribution in [0.5, 0.6) is 0 Å². The van der Waals surface area contributed by atoms with E-state index >= 15 is 0 Å². The summed E-state index contributed by atoms with van der Waals surface area (Å²) in [6, 6.07) is 6.05. The Kier molecular flexibility index (Phi) is 3.67. The molecule has 2 aromatic rings. The SMILES string of the molecule is Nc1ccc(F)c(NC(=O)c2cc3c(s2)CCSC3)c1. The minimum absolute atomic E-state index is 0.121. The molecule has 0 aliphatic carbocycles. The van der Waals surface area contributed by atoms with Gasteiger partial charge in [0, 0.05) is 16.3 Å². The largest absolute Gasteiger partial charge is 0.399 e. The van der Waals surface area contributed by atoms with Gasteiger partial charge in [0.05, 0.1) is 10.6 Å². The molecule has 3 rings (SSSR count). The molecule has 0 fully saturated rings. The van der Waals surface area contributed by atoms with Crippen molar-refractivity contribution in [3.8, 4) is 0 Å². The summed E-state index contributed by atoms with van der Waals surface area (Å²) in [7, 11) is 0. The molecular formula is C14H13FN2OS2. The number of nitrogens with one attached hydrogen (secondary N) is 1. The second-order valence-electron chi connectivity index (χ2n) is 4.56. The zero-order valence-electron chi connectivity index (χ0n) is 10.6. The topological polar surface area (TPSA) is 55.1 Å². The number of thioether (sulfide) groups is 1. The maximum absolute atomic E-state index is 13.6. The van der Waals surface area contributed by atoms with Crippen molar-refractivity contribution in [2.24, 2.45) is 0 Å². The third-order valence-electron chi connectivity index (χ3n) is 3.09. The van der Waals surface area contributed by atoms with Gasteiger partial charge in [0.25, 0.3) is 5.91 Å². The molecule has 1 aromatic carbocycles. The van der Waals surface area contributed by atoms with Crippen LogP contribution >= 0.6 is 23.1 Å². The van der Waals surface area contributed by atoms with E-state index in [1.165, 1.54) is 40.0 Å². The fourth-order valence-corrected chi connectivity index (χ4v) is 4.35. The van der Waals surface area contributed by atoms with Gasteiger partial charge in [0.2, 0.25) is 0 Å². The second-order valence-corrected chi connectivity index (χ2v) is 6.80. The maximum Gasteiger partial charge on any atom is 0.265 e. The summed E-state index contributed by atoms with van der Waals surface area (Å²) in [5.41, 5.74) is 7.37. The predicted molar refractivity (Wildman–Crippen MR) is 83.0 cm³/mol. The Bertz CT molecular complexity index is 646. The van der Waals surface area contributed by atoms with Gasteiger partial charge >= 0.3 is 0 Å². The Morgan fingerprint density at radius 1 is 1.35 bits per heavy atom. The number of hydrogen-bond acceptors (Lipinski definition) is 4. The van der Waals surface area contributed by atoms with Crippen LogP contribution in [0.25, 0.3) is 0 Å². The molecule has 3 N–H and O–H groups in total. The smallest absolute Gasteiger partial charge is 0.265 e. The molecule has 20 heavy (non-hydrogen) atoms. The third-order valence-corrected chi connectivity index (χ3v) is 5.33. The van der Waals surface area contributed by atoms with Crippen molar-refractivity contribution in [2.45, 2.75) is 12.2 Å². The normalized spacial score (nSPS) is 13.8. The molecule has 0 atom stereocenters. The summed E-state index contributed by atoms with van der Waals surface area (Å²) < 4.78 is 13.6. The summed E-state index contributed by atoms with van der Waals surface area (Å²) in [5, 5.41) is 2.59. The minimum atomic E-state index is -0.482. The first kappa shape index (κ1) is 13.5. The van der Waals surface area contributed by atoms with Crippen LogP contribution in [-0.2, 0) is 12.2 Å². The number of hydrogen-bond donors (Lipinski definition) is 2. The number of amides is 1. The summed E-state index contributed by atoms with van der Waals surface area (Å²) in [6.07, 6.45) is 1.00. The molecule has 0 radical (unpaired) electrons. The van der Waals surface area contributed by atoms with Crippen molar-refractivity contribution in [3.05, 3.63) is 45.4 Å². The Balaban J connectivity index is 1.82. The number of nitrogen functional groups attached to an aromatic ring is 1. The molecule has 0 bridgehead atoms. The van der Waals surface area contributed by atoms with E-state index in [0.29, 0.717) is 10.6 Å². The molecule has 1 aromatic heterocycles. The first-order valence-corrected chi connectivity index (χ1v) is 8.16. The highest BCUT2D eigenvalue weighted by Gasteiger charge is 2.18. The van der Waals surface area contributed by atoms with Gasteiger partial charge < -0.3 is 11.1 Å². The molecule has 3 nitrogen and oxygen atoms in total. The fourth-order valence-electron chi connectivity index (χ4n) is 2.08. The lowest BCUT2D eigenvalue weighted by atomic mass is 10.2. The summed E-state index contributed by atoms with van der Waals surface area (Å²) >= 11 is 3.36. The molecular weight excluding hydrogens is 295 g/mol. The maximum atomic E-state index is 13.6. The number of nitrogens with two attached hydrogens (primary N) is 1. The predicted octanol–water partition coefficient (Wildman–Crippen LogP) is 3.51. The molecule has 0 saturated heterocycles. The van der Waals surface area contributed by atoms with Crippen LogP contribution in [0.15, 0.2) is 24.3 Å². The van der Waals surface area contributed by atoms with E-state index in [1.807, 2.05) is 17.8 Å². The number of carbonyl (C=O) groups is 1. The molecule has 1 aliphatic heterocycles. The van der Waals surface area contributed by atoms with Crippen LogP contribution in [0.4, 0.5) is 15.8 Å². The molecule has 1 aliphatic rings. The lowest BCUT2D eigenvalue weighted by molar-refractivity contribution is 0.103. The first-order chi connectivity index (χ1) is 9.63. The van der Waals surface area contributed by atoms with Gasteiger partial charge in [-0.25, -0.2) is 4.39 Å². The van der Waals surface area contributed by atoms with E-state index in [2.05, 4.69) is 5.32 Å². The van der Waals surface area contributed by atoms with Gasteiger partial charge in [0.1, 0.15) is 5.82 Å².